The van der Waals surface area contributed by atoms with E-state index in [1.54, 1.807) is 0 Å². The molecule has 0 spiro atoms. The maximum absolute atomic E-state index is 2.49. The molecular formula is C29H54N4+2. The van der Waals surface area contributed by atoms with Crippen LogP contribution in [0.4, 0.5) is 0 Å². The summed E-state index contributed by atoms with van der Waals surface area (Å²) in [6.45, 7) is 13.9. The Kier molecular flexibility index (Phi) is 12.9. The van der Waals surface area contributed by atoms with Crippen molar-refractivity contribution >= 4 is 0 Å². The van der Waals surface area contributed by atoms with Crippen LogP contribution in [0.5, 0.6) is 0 Å². The fraction of sp³-hybridized carbons (Fsp3) is 0.793. The summed E-state index contributed by atoms with van der Waals surface area (Å²) in [6, 6.07) is 2.54. The van der Waals surface area contributed by atoms with E-state index in [1.807, 2.05) is 0 Å². The largest absolute Gasteiger partial charge is 0.244 e. The molecule has 2 heterocycles. The first-order valence-electron chi connectivity index (χ1n) is 14.3. The topological polar surface area (TPSA) is 17.6 Å². The highest BCUT2D eigenvalue weighted by atomic mass is 15.2. The van der Waals surface area contributed by atoms with Crippen LogP contribution in [-0.4, -0.2) is 9.13 Å². The van der Waals surface area contributed by atoms with Gasteiger partial charge in [-0.2, -0.15) is 0 Å². The van der Waals surface area contributed by atoms with Crippen molar-refractivity contribution in [3.63, 3.8) is 0 Å². The molecule has 4 nitrogen and oxygen atoms in total. The Morgan fingerprint density at radius 1 is 0.545 bits per heavy atom. The molecule has 2 unspecified atom stereocenters. The molecule has 33 heavy (non-hydrogen) atoms. The molecule has 0 radical (unpaired) electrons. The number of nitrogens with zero attached hydrogens (tertiary/aromatic N) is 4. The normalized spacial score (nSPS) is 13.8. The minimum Gasteiger partial charge on any atom is -0.234 e. The second-order valence-corrected chi connectivity index (χ2v) is 10.1. The van der Waals surface area contributed by atoms with Crippen LogP contribution in [0.15, 0.2) is 37.4 Å². The molecular weight excluding hydrogens is 404 g/mol. The van der Waals surface area contributed by atoms with Crippen molar-refractivity contribution in [2.75, 3.05) is 0 Å². The van der Waals surface area contributed by atoms with Gasteiger partial charge >= 0.3 is 0 Å². The molecule has 2 atom stereocenters. The summed E-state index contributed by atoms with van der Waals surface area (Å²) < 4.78 is 9.93. The maximum atomic E-state index is 2.49. The maximum Gasteiger partial charge on any atom is 0.244 e. The van der Waals surface area contributed by atoms with Crippen LogP contribution in [0.1, 0.15) is 149 Å². The van der Waals surface area contributed by atoms with Gasteiger partial charge in [-0.15, -0.1) is 0 Å². The Labute approximate surface area is 205 Å². The molecule has 0 aliphatic carbocycles. The Bertz CT molecular complexity index is 672. The minimum atomic E-state index is 0.612. The first-order chi connectivity index (χ1) is 16.1. The van der Waals surface area contributed by atoms with E-state index >= 15 is 0 Å². The molecule has 0 bridgehead atoms. The van der Waals surface area contributed by atoms with Crippen LogP contribution in [-0.2, 0) is 0 Å². The average molecular weight is 459 g/mol. The lowest BCUT2D eigenvalue weighted by molar-refractivity contribution is -0.727. The predicted molar refractivity (Wildman–Crippen MR) is 139 cm³/mol. The van der Waals surface area contributed by atoms with Gasteiger partial charge in [-0.25, -0.2) is 18.3 Å². The second-order valence-electron chi connectivity index (χ2n) is 10.1. The van der Waals surface area contributed by atoms with Gasteiger partial charge in [0.15, 0.2) is 0 Å². The Hall–Kier alpha value is -1.58. The highest BCUT2D eigenvalue weighted by molar-refractivity contribution is 4.77. The molecule has 2 aromatic heterocycles. The zero-order chi connectivity index (χ0) is 24.1. The molecule has 0 saturated carbocycles. The minimum absolute atomic E-state index is 0.612. The van der Waals surface area contributed by atoms with E-state index < -0.39 is 0 Å². The summed E-state index contributed by atoms with van der Waals surface area (Å²) in [5.74, 6) is 0. The van der Waals surface area contributed by atoms with Crippen molar-refractivity contribution in [2.24, 2.45) is 0 Å². The van der Waals surface area contributed by atoms with Gasteiger partial charge in [0.25, 0.3) is 0 Å². The summed E-state index contributed by atoms with van der Waals surface area (Å²) in [7, 11) is 0. The monoisotopic (exact) mass is 458 g/mol. The lowest BCUT2D eigenvalue weighted by atomic mass is 10.0. The third-order valence-corrected chi connectivity index (χ3v) is 7.55. The summed E-state index contributed by atoms with van der Waals surface area (Å²) in [6.07, 6.45) is 30.4. The third-order valence-electron chi connectivity index (χ3n) is 7.55. The van der Waals surface area contributed by atoms with Gasteiger partial charge in [0, 0.05) is 0 Å². The van der Waals surface area contributed by atoms with Crippen LogP contribution in [0.2, 0.25) is 0 Å². The van der Waals surface area contributed by atoms with Crippen molar-refractivity contribution < 1.29 is 9.13 Å². The van der Waals surface area contributed by atoms with Gasteiger partial charge in [0.05, 0.1) is 0 Å². The Balaban J connectivity index is 1.95. The summed E-state index contributed by atoms with van der Waals surface area (Å²) in [5.41, 5.74) is 0. The first kappa shape index (κ1) is 27.7. The van der Waals surface area contributed by atoms with Crippen LogP contribution in [0, 0.1) is 0 Å². The van der Waals surface area contributed by atoms with E-state index in [2.05, 4.69) is 97.3 Å². The molecule has 4 heteroatoms. The molecule has 0 saturated heterocycles. The standard InChI is InChI=1S/C29H54N4/c1-7-14-28(15-8-2)32-22-20-30(24-32)26(11-5)18-13-19-27(12-6)31-21-23-33(25-31)29(16-9-3)17-10-4/h20-29H,7-19H2,1-6H3/q+2. The summed E-state index contributed by atoms with van der Waals surface area (Å²) in [5, 5.41) is 0. The number of imidazole rings is 2. The van der Waals surface area contributed by atoms with Crippen LogP contribution in [0.3, 0.4) is 0 Å². The van der Waals surface area contributed by atoms with Gasteiger partial charge in [-0.1, -0.05) is 67.2 Å². The number of rotatable bonds is 18. The molecule has 2 rings (SSSR count). The van der Waals surface area contributed by atoms with E-state index in [0.29, 0.717) is 24.2 Å². The van der Waals surface area contributed by atoms with Gasteiger partial charge in [-0.3, -0.25) is 0 Å². The smallest absolute Gasteiger partial charge is 0.234 e. The van der Waals surface area contributed by atoms with Crippen molar-refractivity contribution in [1.82, 2.24) is 9.13 Å². The molecule has 0 aliphatic rings. The second kappa shape index (κ2) is 15.3. The van der Waals surface area contributed by atoms with E-state index in [4.69, 9.17) is 0 Å². The molecule has 0 aromatic carbocycles. The van der Waals surface area contributed by atoms with E-state index in [9.17, 15) is 0 Å². The van der Waals surface area contributed by atoms with Gasteiger partial charge in [0.2, 0.25) is 12.7 Å². The zero-order valence-corrected chi connectivity index (χ0v) is 22.8. The van der Waals surface area contributed by atoms with Crippen LogP contribution >= 0.6 is 0 Å². The van der Waals surface area contributed by atoms with Crippen molar-refractivity contribution in [2.45, 2.75) is 149 Å². The summed E-state index contributed by atoms with van der Waals surface area (Å²) in [4.78, 5) is 0. The quantitative estimate of drug-likeness (QED) is 0.202. The zero-order valence-electron chi connectivity index (χ0n) is 22.8. The highest BCUT2D eigenvalue weighted by Crippen LogP contribution is 2.23. The number of hydrogen-bond acceptors (Lipinski definition) is 0. The molecule has 188 valence electrons. The SMILES string of the molecule is CCCC(CCC)n1cc[n+](C(CC)CCCC(CC)[n+]2ccn(C(CCC)CCC)c2)c1. The van der Waals surface area contributed by atoms with E-state index in [1.165, 1.54) is 83.5 Å². The lowest BCUT2D eigenvalue weighted by Gasteiger charge is -2.16. The average Bonchev–Trinajstić information content (AvgIpc) is 3.49. The third kappa shape index (κ3) is 8.30. The van der Waals surface area contributed by atoms with E-state index in [-0.39, 0.29) is 0 Å². The van der Waals surface area contributed by atoms with E-state index in [0.717, 1.165) is 0 Å². The van der Waals surface area contributed by atoms with Gasteiger partial charge in [-0.05, 0) is 57.8 Å². The molecule has 2 aromatic rings. The molecule has 0 N–H and O–H groups in total. The Morgan fingerprint density at radius 3 is 1.21 bits per heavy atom. The van der Waals surface area contributed by atoms with Crippen LogP contribution < -0.4 is 9.13 Å². The molecule has 0 fully saturated rings. The predicted octanol–water partition coefficient (Wildman–Crippen LogP) is 7.92. The van der Waals surface area contributed by atoms with Crippen molar-refractivity contribution in [3.05, 3.63) is 37.4 Å². The first-order valence-corrected chi connectivity index (χ1v) is 14.3. The highest BCUT2D eigenvalue weighted by Gasteiger charge is 2.22. The molecule has 0 aliphatic heterocycles. The summed E-state index contributed by atoms with van der Waals surface area (Å²) >= 11 is 0. The fourth-order valence-corrected chi connectivity index (χ4v) is 5.57. The van der Waals surface area contributed by atoms with Gasteiger partial charge < -0.3 is 0 Å². The van der Waals surface area contributed by atoms with Crippen molar-refractivity contribution in [3.8, 4) is 0 Å². The van der Waals surface area contributed by atoms with Crippen molar-refractivity contribution in [1.29, 1.82) is 0 Å². The number of hydrogen-bond donors (Lipinski definition) is 0. The molecule has 0 amide bonds. The lowest BCUT2D eigenvalue weighted by Crippen LogP contribution is -2.39. The van der Waals surface area contributed by atoms with Gasteiger partial charge in [0.1, 0.15) is 49.0 Å². The number of aromatic nitrogens is 4. The Morgan fingerprint density at radius 2 is 0.909 bits per heavy atom. The fourth-order valence-electron chi connectivity index (χ4n) is 5.57. The van der Waals surface area contributed by atoms with Crippen LogP contribution in [0.25, 0.3) is 0 Å².